The van der Waals surface area contributed by atoms with Crippen LogP contribution in [0.3, 0.4) is 0 Å². The third kappa shape index (κ3) is 3.68. The molecule has 3 aromatic rings. The lowest BCUT2D eigenvalue weighted by Crippen LogP contribution is -2.38. The molecule has 1 fully saturated rings. The van der Waals surface area contributed by atoms with E-state index in [1.54, 1.807) is 30.5 Å². The van der Waals surface area contributed by atoms with E-state index in [4.69, 9.17) is 9.15 Å². The van der Waals surface area contributed by atoms with E-state index in [0.29, 0.717) is 24.2 Å². The molecule has 0 unspecified atom stereocenters. The van der Waals surface area contributed by atoms with Crippen LogP contribution in [0.25, 0.3) is 11.0 Å². The van der Waals surface area contributed by atoms with Gasteiger partial charge in [-0.1, -0.05) is 24.3 Å². The van der Waals surface area contributed by atoms with Crippen LogP contribution < -0.4 is 15.8 Å². The Labute approximate surface area is 155 Å². The Balaban J connectivity index is 1.53. The van der Waals surface area contributed by atoms with Crippen LogP contribution in [0.5, 0.6) is 0 Å². The van der Waals surface area contributed by atoms with Crippen LogP contribution in [-0.4, -0.2) is 37.2 Å². The predicted molar refractivity (Wildman–Crippen MR) is 101 cm³/mol. The lowest BCUT2D eigenvalue weighted by molar-refractivity contribution is 0.0947. The van der Waals surface area contributed by atoms with Gasteiger partial charge in [-0.05, 0) is 18.2 Å². The van der Waals surface area contributed by atoms with E-state index in [1.165, 1.54) is 0 Å². The Morgan fingerprint density at radius 2 is 1.96 bits per heavy atom. The summed E-state index contributed by atoms with van der Waals surface area (Å²) in [7, 11) is 0. The van der Waals surface area contributed by atoms with E-state index < -0.39 is 11.5 Å². The van der Waals surface area contributed by atoms with E-state index in [-0.39, 0.29) is 12.1 Å². The van der Waals surface area contributed by atoms with Gasteiger partial charge in [0.2, 0.25) is 0 Å². The zero-order valence-electron chi connectivity index (χ0n) is 14.7. The van der Waals surface area contributed by atoms with Crippen molar-refractivity contribution in [2.75, 3.05) is 31.2 Å². The second kappa shape index (κ2) is 7.59. The number of benzene rings is 1. The summed E-state index contributed by atoms with van der Waals surface area (Å²) in [6.45, 7) is 3.09. The lowest BCUT2D eigenvalue weighted by atomic mass is 10.1. The summed E-state index contributed by atoms with van der Waals surface area (Å²) >= 11 is 0. The number of nitrogens with zero attached hydrogens (tertiary/aromatic N) is 2. The highest BCUT2D eigenvalue weighted by atomic mass is 16.5. The summed E-state index contributed by atoms with van der Waals surface area (Å²) in [5.41, 5.74) is 0.690. The van der Waals surface area contributed by atoms with Crippen molar-refractivity contribution in [1.29, 1.82) is 0 Å². The monoisotopic (exact) mass is 365 g/mol. The second-order valence-corrected chi connectivity index (χ2v) is 6.25. The molecule has 0 bridgehead atoms. The van der Waals surface area contributed by atoms with Crippen molar-refractivity contribution in [2.24, 2.45) is 0 Å². The summed E-state index contributed by atoms with van der Waals surface area (Å²) in [4.78, 5) is 31.3. The number of ether oxygens (including phenoxy) is 1. The molecule has 1 saturated heterocycles. The van der Waals surface area contributed by atoms with E-state index in [0.717, 1.165) is 24.5 Å². The number of carbonyl (C=O) groups excluding carboxylic acids is 1. The average Bonchev–Trinajstić information content (AvgIpc) is 2.72. The average molecular weight is 365 g/mol. The molecular formula is C20H19N3O4. The molecule has 1 aliphatic rings. The van der Waals surface area contributed by atoms with Gasteiger partial charge in [-0.15, -0.1) is 0 Å². The first kappa shape index (κ1) is 17.2. The topological polar surface area (TPSA) is 84.7 Å². The maximum absolute atomic E-state index is 12.5. The van der Waals surface area contributed by atoms with Gasteiger partial charge in [0.25, 0.3) is 5.91 Å². The van der Waals surface area contributed by atoms with Crippen molar-refractivity contribution in [3.8, 4) is 0 Å². The summed E-state index contributed by atoms with van der Waals surface area (Å²) in [6.07, 6.45) is 1.73. The number of rotatable bonds is 4. The molecule has 1 amide bonds. The van der Waals surface area contributed by atoms with Crippen LogP contribution in [0, 0.1) is 0 Å². The van der Waals surface area contributed by atoms with Crippen molar-refractivity contribution in [2.45, 2.75) is 6.54 Å². The number of anilines is 1. The molecule has 138 valence electrons. The molecule has 1 aliphatic heterocycles. The smallest absolute Gasteiger partial charge is 0.349 e. The molecule has 1 aromatic carbocycles. The first-order valence-corrected chi connectivity index (χ1v) is 8.80. The maximum Gasteiger partial charge on any atom is 0.349 e. The van der Waals surface area contributed by atoms with Gasteiger partial charge in [-0.3, -0.25) is 4.79 Å². The third-order valence-corrected chi connectivity index (χ3v) is 4.50. The molecule has 7 nitrogen and oxygen atoms in total. The van der Waals surface area contributed by atoms with Gasteiger partial charge in [-0.2, -0.15) is 0 Å². The number of fused-ring (bicyclic) bond motifs is 1. The number of para-hydroxylation sites is 1. The zero-order chi connectivity index (χ0) is 18.6. The summed E-state index contributed by atoms with van der Waals surface area (Å²) in [6, 6.07) is 12.4. The fourth-order valence-electron chi connectivity index (χ4n) is 3.12. The molecule has 0 aliphatic carbocycles. The first-order valence-electron chi connectivity index (χ1n) is 8.80. The molecule has 0 saturated carbocycles. The molecule has 7 heteroatoms. The standard InChI is InChI=1S/C20H19N3O4/c24-19(16-12-14-4-1-2-6-17(14)27-20(16)25)22-13-15-5-3-7-21-18(15)23-8-10-26-11-9-23/h1-7,12H,8-11,13H2,(H,22,24). The van der Waals surface area contributed by atoms with Gasteiger partial charge >= 0.3 is 5.63 Å². The highest BCUT2D eigenvalue weighted by Crippen LogP contribution is 2.18. The lowest BCUT2D eigenvalue weighted by Gasteiger charge is -2.29. The minimum Gasteiger partial charge on any atom is -0.422 e. The van der Waals surface area contributed by atoms with Crippen LogP contribution in [0.2, 0.25) is 0 Å². The fraction of sp³-hybridized carbons (Fsp3) is 0.250. The van der Waals surface area contributed by atoms with E-state index >= 15 is 0 Å². The van der Waals surface area contributed by atoms with Crippen LogP contribution >= 0.6 is 0 Å². The number of pyridine rings is 1. The summed E-state index contributed by atoms with van der Waals surface area (Å²) in [5, 5.41) is 3.51. The van der Waals surface area contributed by atoms with E-state index in [2.05, 4.69) is 15.2 Å². The molecular weight excluding hydrogens is 346 g/mol. The minimum absolute atomic E-state index is 0.00878. The highest BCUT2D eigenvalue weighted by molar-refractivity contribution is 5.96. The SMILES string of the molecule is O=C(NCc1cccnc1N1CCOCC1)c1cc2ccccc2oc1=O. The normalized spacial score (nSPS) is 14.3. The number of hydrogen-bond acceptors (Lipinski definition) is 6. The van der Waals surface area contributed by atoms with Crippen LogP contribution in [-0.2, 0) is 11.3 Å². The number of carbonyl (C=O) groups is 1. The molecule has 4 rings (SSSR count). The van der Waals surface area contributed by atoms with Gasteiger partial charge < -0.3 is 19.4 Å². The minimum atomic E-state index is -0.647. The third-order valence-electron chi connectivity index (χ3n) is 4.50. The Kier molecular flexibility index (Phi) is 4.84. The quantitative estimate of drug-likeness (QED) is 0.712. The zero-order valence-corrected chi connectivity index (χ0v) is 14.7. The Morgan fingerprint density at radius 1 is 1.15 bits per heavy atom. The molecule has 27 heavy (non-hydrogen) atoms. The molecule has 0 atom stereocenters. The molecule has 0 spiro atoms. The molecule has 3 heterocycles. The van der Waals surface area contributed by atoms with Crippen molar-refractivity contribution in [1.82, 2.24) is 10.3 Å². The second-order valence-electron chi connectivity index (χ2n) is 6.25. The Morgan fingerprint density at radius 3 is 2.81 bits per heavy atom. The first-order chi connectivity index (χ1) is 13.2. The van der Waals surface area contributed by atoms with Crippen molar-refractivity contribution in [3.63, 3.8) is 0 Å². The fourth-order valence-corrected chi connectivity index (χ4v) is 3.12. The van der Waals surface area contributed by atoms with Gasteiger partial charge in [0.05, 0.1) is 13.2 Å². The molecule has 2 aromatic heterocycles. The number of amides is 1. The number of aromatic nitrogens is 1. The van der Waals surface area contributed by atoms with Crippen molar-refractivity contribution < 1.29 is 13.9 Å². The van der Waals surface area contributed by atoms with Crippen molar-refractivity contribution in [3.05, 3.63) is 70.2 Å². The van der Waals surface area contributed by atoms with Gasteiger partial charge in [0, 0.05) is 36.8 Å². The number of nitrogens with one attached hydrogen (secondary N) is 1. The number of morpholine rings is 1. The maximum atomic E-state index is 12.5. The Bertz CT molecular complexity index is 1020. The van der Waals surface area contributed by atoms with Crippen molar-refractivity contribution >= 4 is 22.7 Å². The molecule has 1 N–H and O–H groups in total. The number of hydrogen-bond donors (Lipinski definition) is 1. The van der Waals surface area contributed by atoms with Gasteiger partial charge in [0.15, 0.2) is 0 Å². The van der Waals surface area contributed by atoms with Gasteiger partial charge in [-0.25, -0.2) is 9.78 Å². The predicted octanol–water partition coefficient (Wildman–Crippen LogP) is 1.95. The van der Waals surface area contributed by atoms with Crippen LogP contribution in [0.4, 0.5) is 5.82 Å². The van der Waals surface area contributed by atoms with E-state index in [1.807, 2.05) is 18.2 Å². The van der Waals surface area contributed by atoms with Gasteiger partial charge in [0.1, 0.15) is 17.0 Å². The van der Waals surface area contributed by atoms with E-state index in [9.17, 15) is 9.59 Å². The molecule has 0 radical (unpaired) electrons. The van der Waals surface area contributed by atoms with Crippen LogP contribution in [0.1, 0.15) is 15.9 Å². The summed E-state index contributed by atoms with van der Waals surface area (Å²) in [5.74, 6) is 0.359. The highest BCUT2D eigenvalue weighted by Gasteiger charge is 2.18. The Hall–Kier alpha value is -3.19. The summed E-state index contributed by atoms with van der Waals surface area (Å²) < 4.78 is 10.6. The largest absolute Gasteiger partial charge is 0.422 e. The van der Waals surface area contributed by atoms with Crippen LogP contribution in [0.15, 0.2) is 57.9 Å².